The summed E-state index contributed by atoms with van der Waals surface area (Å²) in [4.78, 5) is 36.8. The average Bonchev–Trinajstić information content (AvgIpc) is 3.61. The Hall–Kier alpha value is -3.76. The monoisotopic (exact) mass is 536 g/mol. The molecule has 1 atom stereocenters. The molecule has 1 amide bonds. The van der Waals surface area contributed by atoms with Crippen molar-refractivity contribution in [3.63, 3.8) is 0 Å². The number of carbonyl (C=O) groups excluding carboxylic acids is 1. The van der Waals surface area contributed by atoms with E-state index in [0.29, 0.717) is 35.3 Å². The summed E-state index contributed by atoms with van der Waals surface area (Å²) in [5.74, 6) is -0.587. The van der Waals surface area contributed by atoms with Gasteiger partial charge in [-0.2, -0.15) is 11.8 Å². The lowest BCUT2D eigenvalue weighted by Crippen LogP contribution is -2.41. The Labute approximate surface area is 221 Å². The Balaban J connectivity index is 1.74. The Bertz CT molecular complexity index is 1370. The first-order valence-electron chi connectivity index (χ1n) is 11.5. The predicted molar refractivity (Wildman–Crippen MR) is 146 cm³/mol. The van der Waals surface area contributed by atoms with Crippen LogP contribution in [0.5, 0.6) is 0 Å². The largest absolute Gasteiger partial charge is 0.480 e. The number of nitrogens with one attached hydrogen (secondary N) is 2. The van der Waals surface area contributed by atoms with Gasteiger partial charge >= 0.3 is 5.97 Å². The zero-order chi connectivity index (χ0) is 26.2. The van der Waals surface area contributed by atoms with Crippen molar-refractivity contribution in [2.75, 3.05) is 12.0 Å². The van der Waals surface area contributed by atoms with Gasteiger partial charge < -0.3 is 15.4 Å². The van der Waals surface area contributed by atoms with Gasteiger partial charge in [0.05, 0.1) is 0 Å². The topological polar surface area (TPSA) is 108 Å². The fourth-order valence-electron chi connectivity index (χ4n) is 3.79. The molecule has 0 unspecified atom stereocenters. The highest BCUT2D eigenvalue weighted by molar-refractivity contribution is 7.98. The molecule has 4 aromatic rings. The number of hydrogen-bond donors (Lipinski definition) is 3. The number of allylic oxidation sites excluding steroid dienone is 1. The zero-order valence-corrected chi connectivity index (χ0v) is 21.6. The maximum atomic E-state index is 13.7. The number of carbonyl (C=O) groups is 2. The van der Waals surface area contributed by atoms with Crippen molar-refractivity contribution in [3.8, 4) is 11.1 Å². The van der Waals surface area contributed by atoms with E-state index in [2.05, 4.69) is 20.3 Å². The molecule has 0 aliphatic rings. The summed E-state index contributed by atoms with van der Waals surface area (Å²) in [6, 6.07) is 10.2. The van der Waals surface area contributed by atoms with E-state index in [0.717, 1.165) is 22.0 Å². The van der Waals surface area contributed by atoms with Crippen LogP contribution < -0.4 is 5.32 Å². The number of hydrogen-bond acceptors (Lipinski definition) is 6. The van der Waals surface area contributed by atoms with E-state index < -0.39 is 23.7 Å². The molecule has 37 heavy (non-hydrogen) atoms. The molecule has 0 bridgehead atoms. The second kappa shape index (κ2) is 12.5. The van der Waals surface area contributed by atoms with Crippen LogP contribution in [-0.4, -0.2) is 50.0 Å². The molecule has 0 saturated carbocycles. The highest BCUT2D eigenvalue weighted by atomic mass is 32.2. The van der Waals surface area contributed by atoms with Gasteiger partial charge in [0.2, 0.25) is 0 Å². The lowest BCUT2D eigenvalue weighted by molar-refractivity contribution is -0.139. The Morgan fingerprint density at radius 2 is 2.00 bits per heavy atom. The minimum atomic E-state index is -1.09. The average molecular weight is 537 g/mol. The molecule has 10 heteroatoms. The van der Waals surface area contributed by atoms with Crippen LogP contribution in [0.25, 0.3) is 22.8 Å². The van der Waals surface area contributed by atoms with Crippen molar-refractivity contribution in [2.45, 2.75) is 18.9 Å². The van der Waals surface area contributed by atoms with Crippen molar-refractivity contribution < 1.29 is 19.1 Å². The number of halogens is 1. The van der Waals surface area contributed by atoms with Crippen molar-refractivity contribution in [1.29, 1.82) is 0 Å². The first-order valence-corrected chi connectivity index (χ1v) is 13.7. The molecule has 4 rings (SSSR count). The molecule has 0 saturated heterocycles. The van der Waals surface area contributed by atoms with Gasteiger partial charge in [-0.25, -0.2) is 19.2 Å². The first-order chi connectivity index (χ1) is 17.9. The normalized spacial score (nSPS) is 12.3. The molecule has 0 aliphatic heterocycles. The summed E-state index contributed by atoms with van der Waals surface area (Å²) in [6.45, 7) is 0. The van der Waals surface area contributed by atoms with E-state index in [9.17, 15) is 19.1 Å². The standard InChI is InChI=1S/C27H25FN4O3S2/c1-36-12-8-23(27(34)35)32-25(33)21-7-2-17(15-22(21)18-3-5-20(28)6-4-18)14-19(26-31-11-13-37-26)16-24-29-9-10-30-24/h2-7,9-11,13-15,23H,8,12,16H2,1H3,(H,29,30)(H,32,33)(H,34,35)/t23-/m0/s1. The number of carboxylic acids is 1. The van der Waals surface area contributed by atoms with E-state index in [1.807, 2.05) is 23.8 Å². The molecule has 2 aromatic carbocycles. The second-order valence-corrected chi connectivity index (χ2v) is 10.1. The Morgan fingerprint density at radius 3 is 2.65 bits per heavy atom. The number of carboxylic acid groups (broad SMARTS) is 1. The maximum absolute atomic E-state index is 13.7. The van der Waals surface area contributed by atoms with Gasteiger partial charge in [0, 0.05) is 36.0 Å². The van der Waals surface area contributed by atoms with Crippen LogP contribution in [0, 0.1) is 5.82 Å². The number of H-pyrrole nitrogens is 1. The number of imidazole rings is 1. The number of aliphatic carboxylic acids is 1. The number of thioether (sulfide) groups is 1. The molecule has 0 radical (unpaired) electrons. The minimum absolute atomic E-state index is 0.304. The van der Waals surface area contributed by atoms with Gasteiger partial charge in [0.1, 0.15) is 22.7 Å². The van der Waals surface area contributed by atoms with Crippen molar-refractivity contribution in [1.82, 2.24) is 20.3 Å². The van der Waals surface area contributed by atoms with Crippen LogP contribution >= 0.6 is 23.1 Å². The summed E-state index contributed by atoms with van der Waals surface area (Å²) in [6.07, 6.45) is 9.89. The number of rotatable bonds is 11. The number of benzene rings is 2. The molecule has 0 fully saturated rings. The van der Waals surface area contributed by atoms with Gasteiger partial charge in [-0.15, -0.1) is 11.3 Å². The smallest absolute Gasteiger partial charge is 0.326 e. The molecule has 0 spiro atoms. The minimum Gasteiger partial charge on any atom is -0.480 e. The van der Waals surface area contributed by atoms with Gasteiger partial charge in [0.25, 0.3) is 5.91 Å². The summed E-state index contributed by atoms with van der Waals surface area (Å²) in [7, 11) is 0. The van der Waals surface area contributed by atoms with Gasteiger partial charge in [0.15, 0.2) is 0 Å². The second-order valence-electron chi connectivity index (χ2n) is 8.18. The maximum Gasteiger partial charge on any atom is 0.326 e. The lowest BCUT2D eigenvalue weighted by atomic mass is 9.95. The van der Waals surface area contributed by atoms with E-state index in [4.69, 9.17) is 0 Å². The van der Waals surface area contributed by atoms with Crippen LogP contribution in [0.4, 0.5) is 4.39 Å². The molecule has 190 valence electrons. The van der Waals surface area contributed by atoms with Crippen molar-refractivity contribution >= 4 is 46.6 Å². The van der Waals surface area contributed by atoms with Gasteiger partial charge in [-0.05, 0) is 71.0 Å². The molecular formula is C27H25FN4O3S2. The third-order valence-corrected chi connectivity index (χ3v) is 7.11. The number of thiazole rings is 1. The quantitative estimate of drug-likeness (QED) is 0.237. The Kier molecular flexibility index (Phi) is 8.86. The first kappa shape index (κ1) is 26.3. The van der Waals surface area contributed by atoms with Crippen LogP contribution in [0.2, 0.25) is 0 Å². The third-order valence-electron chi connectivity index (χ3n) is 5.62. The van der Waals surface area contributed by atoms with E-state index >= 15 is 0 Å². The number of aromatic amines is 1. The van der Waals surface area contributed by atoms with E-state index in [-0.39, 0.29) is 0 Å². The Morgan fingerprint density at radius 1 is 1.19 bits per heavy atom. The summed E-state index contributed by atoms with van der Waals surface area (Å²) in [5, 5.41) is 15.0. The fourth-order valence-corrected chi connectivity index (χ4v) is 4.92. The van der Waals surface area contributed by atoms with Crippen LogP contribution in [0.3, 0.4) is 0 Å². The molecule has 0 aliphatic carbocycles. The highest BCUT2D eigenvalue weighted by Crippen LogP contribution is 2.29. The summed E-state index contributed by atoms with van der Waals surface area (Å²) >= 11 is 3.03. The summed E-state index contributed by atoms with van der Waals surface area (Å²) < 4.78 is 13.7. The van der Waals surface area contributed by atoms with Crippen molar-refractivity contribution in [3.05, 3.63) is 94.2 Å². The van der Waals surface area contributed by atoms with Crippen LogP contribution in [0.1, 0.15) is 33.2 Å². The number of amides is 1. The van der Waals surface area contributed by atoms with Crippen LogP contribution in [-0.2, 0) is 11.2 Å². The molecule has 7 nitrogen and oxygen atoms in total. The lowest BCUT2D eigenvalue weighted by Gasteiger charge is -2.16. The van der Waals surface area contributed by atoms with Crippen molar-refractivity contribution in [2.24, 2.45) is 0 Å². The van der Waals surface area contributed by atoms with Gasteiger partial charge in [-0.1, -0.05) is 18.2 Å². The third kappa shape index (κ3) is 6.93. The molecule has 2 heterocycles. The number of nitrogens with zero attached hydrogens (tertiary/aromatic N) is 2. The van der Waals surface area contributed by atoms with E-state index in [1.54, 1.807) is 42.9 Å². The van der Waals surface area contributed by atoms with Gasteiger partial charge in [-0.3, -0.25) is 4.79 Å². The molecule has 3 N–H and O–H groups in total. The van der Waals surface area contributed by atoms with E-state index in [1.165, 1.54) is 35.2 Å². The predicted octanol–water partition coefficient (Wildman–Crippen LogP) is 5.39. The molecule has 2 aromatic heterocycles. The zero-order valence-electron chi connectivity index (χ0n) is 20.0. The fraction of sp³-hybridized carbons (Fsp3) is 0.185. The SMILES string of the molecule is CSCC[C@H](NC(=O)c1ccc(C=C(Cc2ncc[nH]2)c2nccs2)cc1-c1ccc(F)cc1)C(=O)O. The van der Waals surface area contributed by atoms with Crippen LogP contribution in [0.15, 0.2) is 66.4 Å². The number of aromatic nitrogens is 3. The molecular weight excluding hydrogens is 511 g/mol. The highest BCUT2D eigenvalue weighted by Gasteiger charge is 2.22. The summed E-state index contributed by atoms with van der Waals surface area (Å²) in [5.41, 5.74) is 3.26.